The van der Waals surface area contributed by atoms with E-state index >= 15 is 0 Å². The maximum atomic E-state index is 12.9. The van der Waals surface area contributed by atoms with Gasteiger partial charge in [-0.3, -0.25) is 4.79 Å². The van der Waals surface area contributed by atoms with E-state index in [-0.39, 0.29) is 4.90 Å². The molecule has 0 aliphatic heterocycles. The minimum atomic E-state index is -3.90. The predicted molar refractivity (Wildman–Crippen MR) is 113 cm³/mol. The van der Waals surface area contributed by atoms with Crippen molar-refractivity contribution in [3.63, 3.8) is 0 Å². The van der Waals surface area contributed by atoms with Crippen LogP contribution in [-0.4, -0.2) is 18.9 Å². The summed E-state index contributed by atoms with van der Waals surface area (Å²) in [5.74, 6) is 1.73. The molecule has 2 bridgehead atoms. The van der Waals surface area contributed by atoms with Crippen molar-refractivity contribution in [3.8, 4) is 0 Å². The summed E-state index contributed by atoms with van der Waals surface area (Å²) in [5.41, 5.74) is 3.26. The third kappa shape index (κ3) is 3.63. The van der Waals surface area contributed by atoms with E-state index in [1.807, 2.05) is 26.8 Å². The molecule has 4 atom stereocenters. The van der Waals surface area contributed by atoms with Gasteiger partial charge in [0.1, 0.15) is 0 Å². The number of benzene rings is 1. The van der Waals surface area contributed by atoms with Crippen LogP contribution in [0.4, 0.5) is 0 Å². The summed E-state index contributed by atoms with van der Waals surface area (Å²) >= 11 is 0. The molecule has 1 aromatic heterocycles. The van der Waals surface area contributed by atoms with Crippen LogP contribution in [0.2, 0.25) is 0 Å². The van der Waals surface area contributed by atoms with E-state index in [0.717, 1.165) is 28.8 Å². The van der Waals surface area contributed by atoms with E-state index in [4.69, 9.17) is 0 Å². The van der Waals surface area contributed by atoms with Crippen molar-refractivity contribution in [2.75, 3.05) is 0 Å². The minimum absolute atomic E-state index is 0.0978. The number of nitrogens with zero attached hydrogens (tertiary/aromatic N) is 1. The van der Waals surface area contributed by atoms with Gasteiger partial charge in [0.15, 0.2) is 0 Å². The maximum absolute atomic E-state index is 12.9. The largest absolute Gasteiger partial charge is 0.345 e. The quantitative estimate of drug-likeness (QED) is 0.782. The zero-order valence-electron chi connectivity index (χ0n) is 17.6. The molecule has 0 saturated heterocycles. The van der Waals surface area contributed by atoms with E-state index < -0.39 is 15.9 Å². The first-order valence-corrected chi connectivity index (χ1v) is 12.0. The predicted octanol–water partition coefficient (Wildman–Crippen LogP) is 4.53. The Morgan fingerprint density at radius 3 is 2.38 bits per heavy atom. The van der Waals surface area contributed by atoms with Crippen LogP contribution < -0.4 is 4.72 Å². The lowest BCUT2D eigenvalue weighted by Gasteiger charge is -2.31. The Labute approximate surface area is 173 Å². The number of hydrogen-bond donors (Lipinski definition) is 1. The molecule has 2 saturated carbocycles. The van der Waals surface area contributed by atoms with Gasteiger partial charge in [0, 0.05) is 17.4 Å². The fourth-order valence-corrected chi connectivity index (χ4v) is 6.63. The molecular formula is C23H30N2O3S. The van der Waals surface area contributed by atoms with Gasteiger partial charge >= 0.3 is 0 Å². The van der Waals surface area contributed by atoms with E-state index in [0.29, 0.717) is 17.5 Å². The Balaban J connectivity index is 1.57. The fourth-order valence-electron chi connectivity index (χ4n) is 5.66. The normalized spacial score (nSPS) is 24.6. The van der Waals surface area contributed by atoms with Gasteiger partial charge in [0.05, 0.1) is 10.5 Å². The lowest BCUT2D eigenvalue weighted by Crippen LogP contribution is -2.31. The Bertz CT molecular complexity index is 1040. The molecule has 1 amide bonds. The molecule has 1 heterocycles. The molecule has 2 aliphatic carbocycles. The maximum Gasteiger partial charge on any atom is 0.266 e. The van der Waals surface area contributed by atoms with Gasteiger partial charge < -0.3 is 4.57 Å². The van der Waals surface area contributed by atoms with E-state index in [1.54, 1.807) is 12.1 Å². The highest BCUT2D eigenvalue weighted by molar-refractivity contribution is 7.90. The minimum Gasteiger partial charge on any atom is -0.345 e. The summed E-state index contributed by atoms with van der Waals surface area (Å²) in [5, 5.41) is 0. The van der Waals surface area contributed by atoms with Crippen LogP contribution in [0.1, 0.15) is 66.0 Å². The van der Waals surface area contributed by atoms with Gasteiger partial charge in [-0.2, -0.15) is 0 Å². The molecule has 2 aliphatic rings. The lowest BCUT2D eigenvalue weighted by atomic mass is 9.83. The van der Waals surface area contributed by atoms with Gasteiger partial charge in [0.2, 0.25) is 0 Å². The molecule has 156 valence electrons. The monoisotopic (exact) mass is 414 g/mol. The first kappa shape index (κ1) is 20.2. The van der Waals surface area contributed by atoms with Crippen LogP contribution in [0, 0.1) is 38.5 Å². The second kappa shape index (κ2) is 7.31. The molecule has 2 fully saturated rings. The second-order valence-corrected chi connectivity index (χ2v) is 10.7. The Kier molecular flexibility index (Phi) is 5.09. The fraction of sp³-hybridized carbons (Fsp3) is 0.522. The van der Waals surface area contributed by atoms with Crippen molar-refractivity contribution in [3.05, 3.63) is 52.8 Å². The summed E-state index contributed by atoms with van der Waals surface area (Å²) in [6.45, 7) is 8.06. The highest BCUT2D eigenvalue weighted by Gasteiger charge is 2.42. The lowest BCUT2D eigenvalue weighted by molar-refractivity contribution is 0.0980. The van der Waals surface area contributed by atoms with Gasteiger partial charge in [-0.1, -0.05) is 24.1 Å². The molecule has 4 unspecified atom stereocenters. The van der Waals surface area contributed by atoms with E-state index in [2.05, 4.69) is 16.2 Å². The third-order valence-corrected chi connectivity index (χ3v) is 8.45. The molecule has 6 heteroatoms. The highest BCUT2D eigenvalue weighted by atomic mass is 32.2. The number of amides is 1. The average molecular weight is 415 g/mol. The molecule has 0 spiro atoms. The molecule has 1 aromatic carbocycles. The zero-order valence-corrected chi connectivity index (χ0v) is 18.4. The van der Waals surface area contributed by atoms with Crippen molar-refractivity contribution in [2.45, 2.75) is 64.3 Å². The van der Waals surface area contributed by atoms with Gasteiger partial charge in [-0.05, 0) is 82.9 Å². The molecule has 29 heavy (non-hydrogen) atoms. The summed E-state index contributed by atoms with van der Waals surface area (Å²) in [4.78, 5) is 13.0. The van der Waals surface area contributed by atoms with Crippen molar-refractivity contribution in [1.29, 1.82) is 0 Å². The standard InChI is InChI=1S/C23H30N2O3S/c1-14-5-9-20(10-6-14)29(27,28)24-23(26)22-11-15(2)25(17(22)4)16(3)21-13-18-7-8-19(21)12-18/h5-6,9-11,16,18-19,21H,7-8,12-13H2,1-4H3,(H,24,26). The van der Waals surface area contributed by atoms with E-state index in [1.165, 1.54) is 37.8 Å². The number of nitrogens with one attached hydrogen (secondary N) is 1. The van der Waals surface area contributed by atoms with Gasteiger partial charge in [0.25, 0.3) is 15.9 Å². The van der Waals surface area contributed by atoms with Crippen LogP contribution in [-0.2, 0) is 10.0 Å². The molecule has 2 aromatic rings. The molecular weight excluding hydrogens is 384 g/mol. The van der Waals surface area contributed by atoms with Crippen LogP contribution in [0.3, 0.4) is 0 Å². The van der Waals surface area contributed by atoms with Crippen LogP contribution in [0.5, 0.6) is 0 Å². The number of rotatable bonds is 5. The SMILES string of the molecule is Cc1ccc(S(=O)(=O)NC(=O)c2cc(C)n(C(C)C3CC4CCC3C4)c2C)cc1. The van der Waals surface area contributed by atoms with Crippen molar-refractivity contribution in [2.24, 2.45) is 17.8 Å². The Morgan fingerprint density at radius 2 is 1.79 bits per heavy atom. The summed E-state index contributed by atoms with van der Waals surface area (Å²) in [6.07, 6.45) is 5.30. The first-order valence-electron chi connectivity index (χ1n) is 10.5. The smallest absolute Gasteiger partial charge is 0.266 e. The molecule has 5 nitrogen and oxygen atoms in total. The Morgan fingerprint density at radius 1 is 1.10 bits per heavy atom. The Hall–Kier alpha value is -2.08. The summed E-state index contributed by atoms with van der Waals surface area (Å²) in [6, 6.07) is 8.63. The number of aryl methyl sites for hydroxylation is 2. The van der Waals surface area contributed by atoms with Crippen LogP contribution >= 0.6 is 0 Å². The topological polar surface area (TPSA) is 68.2 Å². The van der Waals surface area contributed by atoms with E-state index in [9.17, 15) is 13.2 Å². The highest BCUT2D eigenvalue weighted by Crippen LogP contribution is 2.52. The van der Waals surface area contributed by atoms with Gasteiger partial charge in [-0.15, -0.1) is 0 Å². The summed E-state index contributed by atoms with van der Waals surface area (Å²) < 4.78 is 29.7. The number of carbonyl (C=O) groups is 1. The van der Waals surface area contributed by atoms with Crippen LogP contribution in [0.15, 0.2) is 35.2 Å². The number of carbonyl (C=O) groups excluding carboxylic acids is 1. The number of aromatic nitrogens is 1. The number of sulfonamides is 1. The van der Waals surface area contributed by atoms with Gasteiger partial charge in [-0.25, -0.2) is 13.1 Å². The molecule has 4 rings (SSSR count). The first-order chi connectivity index (χ1) is 13.7. The average Bonchev–Trinajstić information content (AvgIpc) is 3.36. The number of fused-ring (bicyclic) bond motifs is 2. The summed E-state index contributed by atoms with van der Waals surface area (Å²) in [7, 11) is -3.90. The van der Waals surface area contributed by atoms with Crippen LogP contribution in [0.25, 0.3) is 0 Å². The number of hydrogen-bond acceptors (Lipinski definition) is 3. The van der Waals surface area contributed by atoms with Crippen molar-refractivity contribution >= 4 is 15.9 Å². The second-order valence-electron chi connectivity index (χ2n) is 8.98. The zero-order chi connectivity index (χ0) is 20.9. The van der Waals surface area contributed by atoms with Crippen molar-refractivity contribution in [1.82, 2.24) is 9.29 Å². The third-order valence-electron chi connectivity index (χ3n) is 7.11. The van der Waals surface area contributed by atoms with Crippen molar-refractivity contribution < 1.29 is 13.2 Å². The molecule has 0 radical (unpaired) electrons. The molecule has 1 N–H and O–H groups in total.